The summed E-state index contributed by atoms with van der Waals surface area (Å²) < 4.78 is 0. The van der Waals surface area contributed by atoms with Gasteiger partial charge in [-0.05, 0) is 72.2 Å². The SMILES string of the molecule is O=C(NCCC1CCCCC1)[C@@H]1CCCN(C2CCN(C(=O)c3c4ccccc4cc4ccccc34)CC2)C1. The van der Waals surface area contributed by atoms with E-state index in [2.05, 4.69) is 45.4 Å². The molecule has 2 saturated heterocycles. The lowest BCUT2D eigenvalue weighted by Crippen LogP contribution is -2.51. The summed E-state index contributed by atoms with van der Waals surface area (Å²) in [5, 5.41) is 7.58. The lowest BCUT2D eigenvalue weighted by molar-refractivity contribution is -0.127. The predicted molar refractivity (Wildman–Crippen MR) is 159 cm³/mol. The molecule has 0 radical (unpaired) electrons. The van der Waals surface area contributed by atoms with E-state index in [1.54, 1.807) is 0 Å². The fourth-order valence-electron chi connectivity index (χ4n) is 7.41. The Morgan fingerprint density at radius 2 is 1.44 bits per heavy atom. The fourth-order valence-corrected chi connectivity index (χ4v) is 7.41. The van der Waals surface area contributed by atoms with Crippen molar-refractivity contribution in [2.75, 3.05) is 32.7 Å². The van der Waals surface area contributed by atoms with Crippen LogP contribution in [-0.2, 0) is 4.79 Å². The van der Waals surface area contributed by atoms with Gasteiger partial charge in [-0.3, -0.25) is 14.5 Å². The van der Waals surface area contributed by atoms with Crippen molar-refractivity contribution in [2.24, 2.45) is 11.8 Å². The maximum atomic E-state index is 13.9. The van der Waals surface area contributed by atoms with E-state index in [1.807, 2.05) is 24.3 Å². The van der Waals surface area contributed by atoms with E-state index in [4.69, 9.17) is 0 Å². The minimum absolute atomic E-state index is 0.104. The van der Waals surface area contributed by atoms with Crippen molar-refractivity contribution in [3.05, 3.63) is 60.2 Å². The number of carbonyl (C=O) groups excluding carboxylic acids is 2. The molecule has 6 rings (SSSR count). The number of likely N-dealkylation sites (tertiary alicyclic amines) is 2. The monoisotopic (exact) mass is 525 g/mol. The van der Waals surface area contributed by atoms with E-state index >= 15 is 0 Å². The highest BCUT2D eigenvalue weighted by atomic mass is 16.2. The molecule has 2 heterocycles. The Labute approximate surface area is 232 Å². The quantitative estimate of drug-likeness (QED) is 0.379. The third-order valence-corrected chi connectivity index (χ3v) is 9.65. The highest BCUT2D eigenvalue weighted by molar-refractivity contribution is 6.18. The van der Waals surface area contributed by atoms with Crippen LogP contribution in [0.2, 0.25) is 0 Å². The van der Waals surface area contributed by atoms with Crippen LogP contribution in [0, 0.1) is 11.8 Å². The number of amides is 2. The Balaban J connectivity index is 1.06. The smallest absolute Gasteiger partial charge is 0.255 e. The van der Waals surface area contributed by atoms with Crippen molar-refractivity contribution in [3.8, 4) is 0 Å². The molecule has 3 aliphatic rings. The van der Waals surface area contributed by atoms with Crippen molar-refractivity contribution in [1.29, 1.82) is 0 Å². The summed E-state index contributed by atoms with van der Waals surface area (Å²) in [6.45, 7) is 4.31. The summed E-state index contributed by atoms with van der Waals surface area (Å²) in [7, 11) is 0. The standard InChI is InChI=1S/C34H43N3O2/c38-33(35-19-16-25-9-2-1-3-10-25)28-13-8-20-37(24-28)29-17-21-36(22-18-29)34(39)32-30-14-6-4-11-26(30)23-27-12-5-7-15-31(27)32/h4-7,11-12,14-15,23,25,28-29H,1-3,8-10,13,16-22,24H2,(H,35,38)/t28-/m1/s1. The third-order valence-electron chi connectivity index (χ3n) is 9.65. The molecule has 1 saturated carbocycles. The Bertz CT molecular complexity index is 1250. The Morgan fingerprint density at radius 1 is 0.769 bits per heavy atom. The first-order valence-electron chi connectivity index (χ1n) is 15.4. The molecule has 5 heteroatoms. The predicted octanol–water partition coefficient (Wildman–Crippen LogP) is 6.40. The van der Waals surface area contributed by atoms with E-state index in [0.717, 1.165) is 97.9 Å². The summed E-state index contributed by atoms with van der Waals surface area (Å²) in [5.41, 5.74) is 0.838. The van der Waals surface area contributed by atoms with E-state index < -0.39 is 0 Å². The van der Waals surface area contributed by atoms with Gasteiger partial charge in [0, 0.05) is 32.2 Å². The van der Waals surface area contributed by atoms with Gasteiger partial charge in [-0.25, -0.2) is 0 Å². The molecule has 1 N–H and O–H groups in total. The highest BCUT2D eigenvalue weighted by Gasteiger charge is 2.33. The molecule has 3 aromatic rings. The first-order valence-corrected chi connectivity index (χ1v) is 15.4. The number of hydrogen-bond donors (Lipinski definition) is 1. The molecule has 2 aliphatic heterocycles. The molecular formula is C34H43N3O2. The molecular weight excluding hydrogens is 482 g/mol. The van der Waals surface area contributed by atoms with Crippen LogP contribution < -0.4 is 5.32 Å². The highest BCUT2D eigenvalue weighted by Crippen LogP contribution is 2.31. The number of rotatable bonds is 6. The molecule has 5 nitrogen and oxygen atoms in total. The molecule has 0 unspecified atom stereocenters. The molecule has 3 aromatic carbocycles. The van der Waals surface area contributed by atoms with Gasteiger partial charge in [0.05, 0.1) is 11.5 Å². The van der Waals surface area contributed by atoms with Crippen molar-refractivity contribution < 1.29 is 9.59 Å². The maximum absolute atomic E-state index is 13.9. The van der Waals surface area contributed by atoms with Crippen LogP contribution in [0.3, 0.4) is 0 Å². The number of piperidine rings is 2. The van der Waals surface area contributed by atoms with Crippen LogP contribution in [0.1, 0.15) is 74.6 Å². The zero-order chi connectivity index (χ0) is 26.6. The lowest BCUT2D eigenvalue weighted by Gasteiger charge is -2.42. The van der Waals surface area contributed by atoms with Crippen molar-refractivity contribution in [3.63, 3.8) is 0 Å². The first-order chi connectivity index (χ1) is 19.2. The summed E-state index contributed by atoms with van der Waals surface area (Å²) in [6, 6.07) is 19.1. The van der Waals surface area contributed by atoms with Gasteiger partial charge < -0.3 is 10.2 Å². The van der Waals surface area contributed by atoms with Crippen LogP contribution in [-0.4, -0.2) is 60.4 Å². The van der Waals surface area contributed by atoms with Crippen LogP contribution in [0.4, 0.5) is 0 Å². The van der Waals surface area contributed by atoms with Gasteiger partial charge in [0.1, 0.15) is 0 Å². The van der Waals surface area contributed by atoms with Gasteiger partial charge in [-0.15, -0.1) is 0 Å². The molecule has 1 aliphatic carbocycles. The van der Waals surface area contributed by atoms with Gasteiger partial charge in [0.15, 0.2) is 0 Å². The number of hydrogen-bond acceptors (Lipinski definition) is 3. The molecule has 206 valence electrons. The van der Waals surface area contributed by atoms with Crippen molar-refractivity contribution in [1.82, 2.24) is 15.1 Å². The second-order valence-electron chi connectivity index (χ2n) is 12.1. The van der Waals surface area contributed by atoms with E-state index in [-0.39, 0.29) is 17.7 Å². The molecule has 0 spiro atoms. The van der Waals surface area contributed by atoms with Gasteiger partial charge in [0.25, 0.3) is 5.91 Å². The van der Waals surface area contributed by atoms with Crippen LogP contribution >= 0.6 is 0 Å². The van der Waals surface area contributed by atoms with E-state index in [0.29, 0.717) is 6.04 Å². The average molecular weight is 526 g/mol. The Morgan fingerprint density at radius 3 is 2.13 bits per heavy atom. The molecule has 3 fully saturated rings. The van der Waals surface area contributed by atoms with Gasteiger partial charge in [-0.1, -0.05) is 80.6 Å². The summed E-state index contributed by atoms with van der Waals surface area (Å²) in [4.78, 5) is 31.5. The summed E-state index contributed by atoms with van der Waals surface area (Å²) >= 11 is 0. The minimum atomic E-state index is 0.104. The normalized spacial score (nSPS) is 21.8. The second-order valence-corrected chi connectivity index (χ2v) is 12.1. The molecule has 0 bridgehead atoms. The molecule has 1 atom stereocenters. The van der Waals surface area contributed by atoms with E-state index in [9.17, 15) is 9.59 Å². The van der Waals surface area contributed by atoms with Gasteiger partial charge >= 0.3 is 0 Å². The summed E-state index contributed by atoms with van der Waals surface area (Å²) in [5.74, 6) is 1.31. The topological polar surface area (TPSA) is 52.7 Å². The Kier molecular flexibility index (Phi) is 8.15. The number of fused-ring (bicyclic) bond motifs is 2. The number of nitrogens with zero attached hydrogens (tertiary/aromatic N) is 2. The Hall–Kier alpha value is -2.92. The van der Waals surface area contributed by atoms with Crippen LogP contribution in [0.5, 0.6) is 0 Å². The van der Waals surface area contributed by atoms with Crippen LogP contribution in [0.15, 0.2) is 54.6 Å². The first kappa shape index (κ1) is 26.3. The summed E-state index contributed by atoms with van der Waals surface area (Å²) in [6.07, 6.45) is 12.0. The van der Waals surface area contributed by atoms with Crippen molar-refractivity contribution in [2.45, 2.75) is 70.3 Å². The maximum Gasteiger partial charge on any atom is 0.255 e. The molecule has 39 heavy (non-hydrogen) atoms. The van der Waals surface area contributed by atoms with Crippen LogP contribution in [0.25, 0.3) is 21.5 Å². The van der Waals surface area contributed by atoms with Crippen molar-refractivity contribution >= 4 is 33.4 Å². The molecule has 2 amide bonds. The molecule has 0 aromatic heterocycles. The van der Waals surface area contributed by atoms with E-state index in [1.165, 1.54) is 32.1 Å². The van der Waals surface area contributed by atoms with Gasteiger partial charge in [0.2, 0.25) is 5.91 Å². The lowest BCUT2D eigenvalue weighted by atomic mass is 9.87. The average Bonchev–Trinajstić information content (AvgIpc) is 3.00. The third kappa shape index (κ3) is 5.84. The number of nitrogens with one attached hydrogen (secondary N) is 1. The fraction of sp³-hybridized carbons (Fsp3) is 0.529. The zero-order valence-corrected chi connectivity index (χ0v) is 23.2. The number of carbonyl (C=O) groups is 2. The zero-order valence-electron chi connectivity index (χ0n) is 23.2. The second kappa shape index (κ2) is 12.1. The largest absolute Gasteiger partial charge is 0.356 e. The van der Waals surface area contributed by atoms with Gasteiger partial charge in [-0.2, -0.15) is 0 Å². The number of benzene rings is 3. The minimum Gasteiger partial charge on any atom is -0.356 e.